The number of hydrogen-bond acceptors (Lipinski definition) is 3. The van der Waals surface area contributed by atoms with E-state index in [1.54, 1.807) is 0 Å². The molecule has 1 aliphatic heterocycles. The van der Waals surface area contributed by atoms with E-state index in [0.717, 1.165) is 18.7 Å². The molecule has 1 aromatic rings. The third-order valence-electron chi connectivity index (χ3n) is 4.07. The van der Waals surface area contributed by atoms with Gasteiger partial charge in [-0.2, -0.15) is 0 Å². The molecule has 1 heterocycles. The lowest BCUT2D eigenvalue weighted by Crippen LogP contribution is -2.41. The van der Waals surface area contributed by atoms with Crippen molar-refractivity contribution < 1.29 is 9.53 Å². The maximum atomic E-state index is 12.1. The zero-order valence-corrected chi connectivity index (χ0v) is 14.1. The highest BCUT2D eigenvalue weighted by atomic mass is 16.5. The summed E-state index contributed by atoms with van der Waals surface area (Å²) in [5, 5.41) is 6.30. The van der Waals surface area contributed by atoms with Gasteiger partial charge in [0.15, 0.2) is 0 Å². The van der Waals surface area contributed by atoms with E-state index < -0.39 is 0 Å². The van der Waals surface area contributed by atoms with Gasteiger partial charge in [-0.3, -0.25) is 4.79 Å². The Bertz CT molecular complexity index is 485. The zero-order chi connectivity index (χ0) is 16.2. The lowest BCUT2D eigenvalue weighted by atomic mass is 9.86. The average molecular weight is 304 g/mol. The number of amides is 1. The molecule has 4 heteroatoms. The first-order valence-electron chi connectivity index (χ1n) is 8.08. The van der Waals surface area contributed by atoms with Crippen LogP contribution in [0.2, 0.25) is 0 Å². The van der Waals surface area contributed by atoms with Crippen LogP contribution in [0.25, 0.3) is 0 Å². The molecule has 0 bridgehead atoms. The van der Waals surface area contributed by atoms with E-state index in [9.17, 15) is 4.79 Å². The quantitative estimate of drug-likeness (QED) is 0.899. The summed E-state index contributed by atoms with van der Waals surface area (Å²) in [4.78, 5) is 12.1. The highest BCUT2D eigenvalue weighted by Crippen LogP contribution is 2.23. The van der Waals surface area contributed by atoms with Crippen LogP contribution >= 0.6 is 0 Å². The minimum atomic E-state index is -0.00998. The van der Waals surface area contributed by atoms with Crippen LogP contribution in [-0.4, -0.2) is 31.7 Å². The van der Waals surface area contributed by atoms with E-state index in [0.29, 0.717) is 13.0 Å². The van der Waals surface area contributed by atoms with Crippen molar-refractivity contribution in [2.75, 3.05) is 19.7 Å². The molecule has 0 aromatic heterocycles. The molecule has 2 atom stereocenters. The zero-order valence-electron chi connectivity index (χ0n) is 14.1. The summed E-state index contributed by atoms with van der Waals surface area (Å²) < 4.78 is 5.57. The Balaban J connectivity index is 1.88. The van der Waals surface area contributed by atoms with Gasteiger partial charge in [-0.1, -0.05) is 45.0 Å². The second kappa shape index (κ2) is 7.25. The third kappa shape index (κ3) is 4.82. The number of hydrogen-bond donors (Lipinski definition) is 2. The fraction of sp³-hybridized carbons (Fsp3) is 0.611. The van der Waals surface area contributed by atoms with Gasteiger partial charge in [0.25, 0.3) is 0 Å². The summed E-state index contributed by atoms with van der Waals surface area (Å²) in [6.07, 6.45) is 0.404. The molecule has 0 unspecified atom stereocenters. The average Bonchev–Trinajstić information content (AvgIpc) is 2.47. The number of benzene rings is 1. The predicted molar refractivity (Wildman–Crippen MR) is 88.9 cm³/mol. The first-order valence-corrected chi connectivity index (χ1v) is 8.08. The molecule has 0 spiro atoms. The number of ether oxygens (including phenoxy) is 1. The number of morpholine rings is 1. The van der Waals surface area contributed by atoms with Crippen LogP contribution in [-0.2, 0) is 14.9 Å². The van der Waals surface area contributed by atoms with Crippen LogP contribution in [0.4, 0.5) is 0 Å². The Morgan fingerprint density at radius 3 is 2.59 bits per heavy atom. The normalized spacial score (nSPS) is 20.5. The highest BCUT2D eigenvalue weighted by molar-refractivity contribution is 5.77. The van der Waals surface area contributed by atoms with Crippen LogP contribution < -0.4 is 10.6 Å². The number of carbonyl (C=O) groups is 1. The first kappa shape index (κ1) is 17.0. The molecule has 1 aromatic carbocycles. The minimum absolute atomic E-state index is 0.00998. The summed E-state index contributed by atoms with van der Waals surface area (Å²) in [5.41, 5.74) is 2.58. The van der Waals surface area contributed by atoms with E-state index in [4.69, 9.17) is 4.74 Å². The van der Waals surface area contributed by atoms with Gasteiger partial charge in [0.1, 0.15) is 0 Å². The van der Waals surface area contributed by atoms with Gasteiger partial charge in [0.2, 0.25) is 5.91 Å². The van der Waals surface area contributed by atoms with Crippen molar-refractivity contribution in [3.8, 4) is 0 Å². The Labute approximate surface area is 133 Å². The van der Waals surface area contributed by atoms with E-state index in [-0.39, 0.29) is 23.5 Å². The van der Waals surface area contributed by atoms with Crippen molar-refractivity contribution in [2.45, 2.75) is 51.7 Å². The van der Waals surface area contributed by atoms with Crippen LogP contribution in [0, 0.1) is 0 Å². The minimum Gasteiger partial charge on any atom is -0.375 e. The summed E-state index contributed by atoms with van der Waals surface area (Å²) in [7, 11) is 0. The maximum Gasteiger partial charge on any atom is 0.223 e. The Morgan fingerprint density at radius 2 is 2.05 bits per heavy atom. The standard InChI is InChI=1S/C18H28N2O2/c1-13(14-5-7-15(8-6-14)18(2,3)4)20-17(21)11-16-12-19-9-10-22-16/h5-8,13,16,19H,9-12H2,1-4H3,(H,20,21)/t13-,16-/m0/s1. The molecular weight excluding hydrogens is 276 g/mol. The van der Waals surface area contributed by atoms with E-state index in [1.807, 2.05) is 6.92 Å². The molecule has 22 heavy (non-hydrogen) atoms. The number of rotatable bonds is 4. The fourth-order valence-corrected chi connectivity index (χ4v) is 2.61. The molecule has 1 amide bonds. The van der Waals surface area contributed by atoms with Crippen LogP contribution in [0.3, 0.4) is 0 Å². The molecule has 0 aliphatic carbocycles. The predicted octanol–water partition coefficient (Wildman–Crippen LogP) is 2.54. The second-order valence-corrected chi connectivity index (χ2v) is 7.06. The molecule has 0 radical (unpaired) electrons. The Morgan fingerprint density at radius 1 is 1.36 bits per heavy atom. The van der Waals surface area contributed by atoms with Crippen molar-refractivity contribution in [1.82, 2.24) is 10.6 Å². The fourth-order valence-electron chi connectivity index (χ4n) is 2.61. The van der Waals surface area contributed by atoms with Gasteiger partial charge in [-0.05, 0) is 23.5 Å². The third-order valence-corrected chi connectivity index (χ3v) is 4.07. The second-order valence-electron chi connectivity index (χ2n) is 7.06. The lowest BCUT2D eigenvalue weighted by molar-refractivity contribution is -0.125. The van der Waals surface area contributed by atoms with Crippen molar-refractivity contribution in [1.29, 1.82) is 0 Å². The van der Waals surface area contributed by atoms with Crippen molar-refractivity contribution in [3.63, 3.8) is 0 Å². The molecule has 4 nitrogen and oxygen atoms in total. The topological polar surface area (TPSA) is 50.4 Å². The molecule has 0 saturated carbocycles. The first-order chi connectivity index (χ1) is 10.4. The highest BCUT2D eigenvalue weighted by Gasteiger charge is 2.19. The monoisotopic (exact) mass is 304 g/mol. The Kier molecular flexibility index (Phi) is 5.59. The lowest BCUT2D eigenvalue weighted by Gasteiger charge is -2.24. The molecule has 122 valence electrons. The van der Waals surface area contributed by atoms with Crippen molar-refractivity contribution in [3.05, 3.63) is 35.4 Å². The summed E-state index contributed by atoms with van der Waals surface area (Å²) >= 11 is 0. The molecule has 1 fully saturated rings. The Hall–Kier alpha value is -1.39. The summed E-state index contributed by atoms with van der Waals surface area (Å²) in [6.45, 7) is 10.9. The molecule has 1 aliphatic rings. The number of nitrogens with one attached hydrogen (secondary N) is 2. The molecule has 2 N–H and O–H groups in total. The van der Waals surface area contributed by atoms with Crippen LogP contribution in [0.5, 0.6) is 0 Å². The smallest absolute Gasteiger partial charge is 0.223 e. The van der Waals surface area contributed by atoms with Crippen molar-refractivity contribution in [2.24, 2.45) is 0 Å². The molecule has 2 rings (SSSR count). The summed E-state index contributed by atoms with van der Waals surface area (Å²) in [6, 6.07) is 8.50. The summed E-state index contributed by atoms with van der Waals surface area (Å²) in [5.74, 6) is 0.0427. The van der Waals surface area contributed by atoms with Crippen molar-refractivity contribution >= 4 is 5.91 Å². The SMILES string of the molecule is C[C@H](NC(=O)C[C@H]1CNCCO1)c1ccc(C(C)(C)C)cc1. The van der Waals surface area contributed by atoms with Gasteiger partial charge in [-0.15, -0.1) is 0 Å². The molecule has 1 saturated heterocycles. The van der Waals surface area contributed by atoms with E-state index >= 15 is 0 Å². The van der Waals surface area contributed by atoms with Gasteiger partial charge in [-0.25, -0.2) is 0 Å². The van der Waals surface area contributed by atoms with Crippen LogP contribution in [0.1, 0.15) is 51.3 Å². The molecular formula is C18H28N2O2. The van der Waals surface area contributed by atoms with E-state index in [2.05, 4.69) is 55.7 Å². The number of carbonyl (C=O) groups excluding carboxylic acids is 1. The van der Waals surface area contributed by atoms with E-state index in [1.165, 1.54) is 5.56 Å². The van der Waals surface area contributed by atoms with Gasteiger partial charge < -0.3 is 15.4 Å². The van der Waals surface area contributed by atoms with Gasteiger partial charge in [0.05, 0.1) is 25.2 Å². The van der Waals surface area contributed by atoms with Gasteiger partial charge in [0, 0.05) is 13.1 Å². The largest absolute Gasteiger partial charge is 0.375 e. The van der Waals surface area contributed by atoms with Crippen LogP contribution in [0.15, 0.2) is 24.3 Å². The maximum absolute atomic E-state index is 12.1. The van der Waals surface area contributed by atoms with Gasteiger partial charge >= 0.3 is 0 Å².